The molecule has 0 aromatic carbocycles. The lowest BCUT2D eigenvalue weighted by Gasteiger charge is -2.27. The first-order valence-electron chi connectivity index (χ1n) is 5.63. The Hall–Kier alpha value is -0.280. The molecule has 1 saturated heterocycles. The van der Waals surface area contributed by atoms with Crippen molar-refractivity contribution in [3.05, 3.63) is 23.7 Å². The highest BCUT2D eigenvalue weighted by Crippen LogP contribution is 2.32. The summed E-state index contributed by atoms with van der Waals surface area (Å²) in [7, 11) is 0. The van der Waals surface area contributed by atoms with Crippen LogP contribution in [0.4, 0.5) is 0 Å². The molecular formula is C12H17BrO2. The van der Waals surface area contributed by atoms with Crippen LogP contribution < -0.4 is 0 Å². The summed E-state index contributed by atoms with van der Waals surface area (Å²) in [6.07, 6.45) is 4.93. The molecule has 0 saturated carbocycles. The zero-order valence-corrected chi connectivity index (χ0v) is 10.6. The maximum absolute atomic E-state index is 5.94. The van der Waals surface area contributed by atoms with Crippen LogP contribution in [0.3, 0.4) is 0 Å². The van der Waals surface area contributed by atoms with Gasteiger partial charge in [-0.2, -0.15) is 0 Å². The normalized spacial score (nSPS) is 26.8. The molecule has 2 atom stereocenters. The second-order valence-corrected chi connectivity index (χ2v) is 4.64. The van der Waals surface area contributed by atoms with Gasteiger partial charge in [0.2, 0.25) is 0 Å². The highest BCUT2D eigenvalue weighted by atomic mass is 79.9. The van der Waals surface area contributed by atoms with Crippen LogP contribution in [0.2, 0.25) is 0 Å². The molecule has 1 fully saturated rings. The third-order valence-corrected chi connectivity index (χ3v) is 3.59. The van der Waals surface area contributed by atoms with Crippen LogP contribution >= 0.6 is 15.9 Å². The minimum absolute atomic E-state index is 0.168. The minimum Gasteiger partial charge on any atom is -0.463 e. The van der Waals surface area contributed by atoms with E-state index in [9.17, 15) is 0 Å². The number of hydrogen-bond acceptors (Lipinski definition) is 2. The zero-order valence-electron chi connectivity index (χ0n) is 9.04. The molecule has 0 spiro atoms. The summed E-state index contributed by atoms with van der Waals surface area (Å²) in [5, 5.41) is 0.921. The largest absolute Gasteiger partial charge is 0.463 e. The van der Waals surface area contributed by atoms with Crippen molar-refractivity contribution in [1.29, 1.82) is 0 Å². The fourth-order valence-electron chi connectivity index (χ4n) is 1.98. The first-order chi connectivity index (χ1) is 7.33. The second kappa shape index (κ2) is 5.17. The fourth-order valence-corrected chi connectivity index (χ4v) is 2.46. The summed E-state index contributed by atoms with van der Waals surface area (Å²) in [5.74, 6) is 2.05. The Balaban J connectivity index is 2.03. The molecule has 1 aromatic rings. The molecule has 2 unspecified atom stereocenters. The number of aryl methyl sites for hydroxylation is 1. The zero-order chi connectivity index (χ0) is 10.7. The third-order valence-electron chi connectivity index (χ3n) is 2.87. The lowest BCUT2D eigenvalue weighted by Crippen LogP contribution is -2.23. The van der Waals surface area contributed by atoms with Crippen LogP contribution in [0.25, 0.3) is 0 Å². The van der Waals surface area contributed by atoms with Gasteiger partial charge in [-0.15, -0.1) is 0 Å². The van der Waals surface area contributed by atoms with Crippen molar-refractivity contribution in [2.75, 3.05) is 5.33 Å². The Morgan fingerprint density at radius 3 is 2.93 bits per heavy atom. The number of halogens is 1. The molecule has 3 heteroatoms. The smallest absolute Gasteiger partial charge is 0.132 e. The standard InChI is InChI=1S/C12H17BrO2/c1-2-9-6-7-12(14-9)11-5-3-4-10(8-13)15-11/h6-7,10-11H,2-5,8H2,1H3. The van der Waals surface area contributed by atoms with E-state index < -0.39 is 0 Å². The van der Waals surface area contributed by atoms with Gasteiger partial charge < -0.3 is 9.15 Å². The summed E-state index contributed by atoms with van der Waals surface area (Å²) in [6, 6.07) is 4.11. The highest BCUT2D eigenvalue weighted by molar-refractivity contribution is 9.09. The van der Waals surface area contributed by atoms with E-state index in [0.29, 0.717) is 6.10 Å². The van der Waals surface area contributed by atoms with Crippen LogP contribution in [-0.2, 0) is 11.2 Å². The molecular weight excluding hydrogens is 256 g/mol. The van der Waals surface area contributed by atoms with Crippen molar-refractivity contribution in [1.82, 2.24) is 0 Å². The van der Waals surface area contributed by atoms with Gasteiger partial charge in [0.05, 0.1) is 6.10 Å². The molecule has 0 bridgehead atoms. The monoisotopic (exact) mass is 272 g/mol. The Morgan fingerprint density at radius 2 is 2.27 bits per heavy atom. The van der Waals surface area contributed by atoms with Gasteiger partial charge in [-0.05, 0) is 31.4 Å². The van der Waals surface area contributed by atoms with Gasteiger partial charge in [0.1, 0.15) is 17.6 Å². The number of hydrogen-bond donors (Lipinski definition) is 0. The Labute approximate surface area is 99.1 Å². The maximum Gasteiger partial charge on any atom is 0.132 e. The predicted octanol–water partition coefficient (Wildman–Crippen LogP) is 3.85. The van der Waals surface area contributed by atoms with Crippen molar-refractivity contribution in [2.45, 2.75) is 44.8 Å². The number of ether oxygens (including phenoxy) is 1. The molecule has 1 aliphatic rings. The van der Waals surface area contributed by atoms with Crippen LogP contribution in [0, 0.1) is 0 Å². The van der Waals surface area contributed by atoms with Crippen molar-refractivity contribution in [2.24, 2.45) is 0 Å². The summed E-state index contributed by atoms with van der Waals surface area (Å²) in [6.45, 7) is 2.10. The molecule has 0 radical (unpaired) electrons. The average molecular weight is 273 g/mol. The van der Waals surface area contributed by atoms with Gasteiger partial charge in [0, 0.05) is 11.8 Å². The summed E-state index contributed by atoms with van der Waals surface area (Å²) < 4.78 is 11.7. The van der Waals surface area contributed by atoms with E-state index in [1.54, 1.807) is 0 Å². The van der Waals surface area contributed by atoms with E-state index in [0.717, 1.165) is 36.1 Å². The Kier molecular flexibility index (Phi) is 3.87. The second-order valence-electron chi connectivity index (χ2n) is 3.99. The van der Waals surface area contributed by atoms with Crippen LogP contribution in [0.15, 0.2) is 16.5 Å². The predicted molar refractivity (Wildman–Crippen MR) is 63.3 cm³/mol. The van der Waals surface area contributed by atoms with Gasteiger partial charge in [-0.25, -0.2) is 0 Å². The van der Waals surface area contributed by atoms with Gasteiger partial charge in [0.25, 0.3) is 0 Å². The van der Waals surface area contributed by atoms with E-state index in [4.69, 9.17) is 9.15 Å². The van der Waals surface area contributed by atoms with Gasteiger partial charge >= 0.3 is 0 Å². The quantitative estimate of drug-likeness (QED) is 0.780. The molecule has 1 aliphatic heterocycles. The minimum atomic E-state index is 0.168. The fraction of sp³-hybridized carbons (Fsp3) is 0.667. The maximum atomic E-state index is 5.94. The van der Waals surface area contributed by atoms with E-state index in [2.05, 4.69) is 35.0 Å². The summed E-state index contributed by atoms with van der Waals surface area (Å²) in [4.78, 5) is 0. The topological polar surface area (TPSA) is 22.4 Å². The summed E-state index contributed by atoms with van der Waals surface area (Å²) >= 11 is 3.47. The SMILES string of the molecule is CCc1ccc(C2CCCC(CBr)O2)o1. The van der Waals surface area contributed by atoms with Crippen molar-refractivity contribution in [3.63, 3.8) is 0 Å². The first kappa shape index (κ1) is 11.2. The van der Waals surface area contributed by atoms with E-state index in [1.807, 2.05) is 0 Å². The van der Waals surface area contributed by atoms with Crippen molar-refractivity contribution >= 4 is 15.9 Å². The third kappa shape index (κ3) is 2.64. The molecule has 1 aromatic heterocycles. The highest BCUT2D eigenvalue weighted by Gasteiger charge is 2.25. The molecule has 0 amide bonds. The number of rotatable bonds is 3. The number of alkyl halides is 1. The molecule has 0 N–H and O–H groups in total. The van der Waals surface area contributed by atoms with E-state index in [-0.39, 0.29) is 6.10 Å². The number of furan rings is 1. The molecule has 2 rings (SSSR count). The molecule has 2 nitrogen and oxygen atoms in total. The van der Waals surface area contributed by atoms with Crippen LogP contribution in [-0.4, -0.2) is 11.4 Å². The lowest BCUT2D eigenvalue weighted by atomic mass is 10.0. The van der Waals surface area contributed by atoms with Gasteiger partial charge in [-0.1, -0.05) is 22.9 Å². The Morgan fingerprint density at radius 1 is 1.40 bits per heavy atom. The average Bonchev–Trinajstić information content (AvgIpc) is 2.78. The van der Waals surface area contributed by atoms with E-state index >= 15 is 0 Å². The van der Waals surface area contributed by atoms with Gasteiger partial charge in [0.15, 0.2) is 0 Å². The van der Waals surface area contributed by atoms with Crippen molar-refractivity contribution < 1.29 is 9.15 Å². The first-order valence-corrected chi connectivity index (χ1v) is 6.75. The molecule has 15 heavy (non-hydrogen) atoms. The lowest BCUT2D eigenvalue weighted by molar-refractivity contribution is -0.0488. The summed E-state index contributed by atoms with van der Waals surface area (Å²) in [5.41, 5.74) is 0. The van der Waals surface area contributed by atoms with E-state index in [1.165, 1.54) is 6.42 Å². The molecule has 2 heterocycles. The van der Waals surface area contributed by atoms with Gasteiger partial charge in [-0.3, -0.25) is 0 Å². The van der Waals surface area contributed by atoms with Crippen molar-refractivity contribution in [3.8, 4) is 0 Å². The van der Waals surface area contributed by atoms with Crippen LogP contribution in [0.1, 0.15) is 43.8 Å². The molecule has 0 aliphatic carbocycles. The molecule has 84 valence electrons. The van der Waals surface area contributed by atoms with Crippen LogP contribution in [0.5, 0.6) is 0 Å². The Bertz CT molecular complexity index is 308.